The molecule has 0 saturated heterocycles. The number of hydrogen-bond acceptors (Lipinski definition) is 4. The van der Waals surface area contributed by atoms with Crippen molar-refractivity contribution >= 4 is 11.8 Å². The highest BCUT2D eigenvalue weighted by Crippen LogP contribution is 1.97. The lowest BCUT2D eigenvalue weighted by Gasteiger charge is -1.84. The molecule has 0 aromatic carbocycles. The maximum atomic E-state index is 10.4. The number of imide groups is 1. The molecule has 2 amide bonds. The molecule has 0 bridgehead atoms. The predicted molar refractivity (Wildman–Crippen MR) is 38.1 cm³/mol. The van der Waals surface area contributed by atoms with Crippen molar-refractivity contribution in [3.05, 3.63) is 11.6 Å². The molecule has 1 N–H and O–H groups in total. The van der Waals surface area contributed by atoms with Crippen molar-refractivity contribution in [3.8, 4) is 12.1 Å². The highest BCUT2D eigenvalue weighted by molar-refractivity contribution is 6.15. The van der Waals surface area contributed by atoms with Crippen molar-refractivity contribution in [1.82, 2.24) is 5.32 Å². The molecule has 0 saturated carbocycles. The van der Waals surface area contributed by atoms with E-state index < -0.39 is 0 Å². The van der Waals surface area contributed by atoms with Gasteiger partial charge >= 0.3 is 0 Å². The normalized spacial score (nSPS) is 13.1. The predicted octanol–water partition coefficient (Wildman–Crippen LogP) is -0.377. The molecule has 0 unspecified atom stereocenters. The van der Waals surface area contributed by atoms with Crippen LogP contribution in [0, 0.1) is 22.7 Å². The van der Waals surface area contributed by atoms with Crippen molar-refractivity contribution in [2.45, 2.75) is 6.92 Å². The number of carbonyl (C=O) groups is 2. The largest absolute Gasteiger partial charge is 0.289 e. The molecule has 1 heterocycles. The molecule has 5 nitrogen and oxygen atoms in total. The van der Waals surface area contributed by atoms with E-state index in [2.05, 4.69) is 5.32 Å². The second kappa shape index (κ2) is 4.64. The number of nitriles is 2. The zero-order valence-electron chi connectivity index (χ0n) is 6.29. The van der Waals surface area contributed by atoms with Gasteiger partial charge in [0.15, 0.2) is 12.1 Å². The Morgan fingerprint density at radius 3 is 1.92 bits per heavy atom. The fourth-order valence-corrected chi connectivity index (χ4v) is 0.509. The molecule has 1 aliphatic heterocycles. The molecular weight excluding hydrogens is 158 g/mol. The van der Waals surface area contributed by atoms with E-state index in [9.17, 15) is 9.59 Å². The van der Waals surface area contributed by atoms with E-state index in [1.165, 1.54) is 18.2 Å². The van der Waals surface area contributed by atoms with Crippen molar-refractivity contribution < 1.29 is 9.59 Å². The highest BCUT2D eigenvalue weighted by atomic mass is 16.2. The van der Waals surface area contributed by atoms with Crippen LogP contribution < -0.4 is 5.32 Å². The standard InChI is InChI=1S/C5H5NO2.C2N2/c1-3-2-4(7)6-5(3)8;3-1-2-4/h2H,1H3,(H,6,7,8);. The van der Waals surface area contributed by atoms with Crippen LogP contribution in [-0.4, -0.2) is 11.8 Å². The number of rotatable bonds is 0. The molecule has 0 atom stereocenters. The monoisotopic (exact) mass is 163 g/mol. The summed E-state index contributed by atoms with van der Waals surface area (Å²) in [6.45, 7) is 1.60. The van der Waals surface area contributed by atoms with Crippen LogP contribution in [0.4, 0.5) is 0 Å². The Morgan fingerprint density at radius 2 is 1.83 bits per heavy atom. The Morgan fingerprint density at radius 1 is 1.33 bits per heavy atom. The van der Waals surface area contributed by atoms with Gasteiger partial charge in [0.05, 0.1) is 0 Å². The minimum Gasteiger partial charge on any atom is -0.289 e. The van der Waals surface area contributed by atoms with Crippen LogP contribution in [0.1, 0.15) is 6.92 Å². The summed E-state index contributed by atoms with van der Waals surface area (Å²) in [4.78, 5) is 20.6. The van der Waals surface area contributed by atoms with E-state index >= 15 is 0 Å². The summed E-state index contributed by atoms with van der Waals surface area (Å²) >= 11 is 0. The van der Waals surface area contributed by atoms with Crippen LogP contribution in [0.2, 0.25) is 0 Å². The van der Waals surface area contributed by atoms with E-state index in [4.69, 9.17) is 10.5 Å². The molecule has 60 valence electrons. The summed E-state index contributed by atoms with van der Waals surface area (Å²) in [5.74, 6) is -0.595. The number of nitrogens with zero attached hydrogens (tertiary/aromatic N) is 2. The summed E-state index contributed by atoms with van der Waals surface area (Å²) < 4.78 is 0. The van der Waals surface area contributed by atoms with Crippen LogP contribution in [-0.2, 0) is 9.59 Å². The smallest absolute Gasteiger partial charge is 0.253 e. The Labute approximate surface area is 68.9 Å². The molecule has 0 aromatic heterocycles. The van der Waals surface area contributed by atoms with E-state index in [1.807, 2.05) is 0 Å². The summed E-state index contributed by atoms with van der Waals surface area (Å²) in [7, 11) is 0. The van der Waals surface area contributed by atoms with E-state index in [0.29, 0.717) is 5.57 Å². The lowest BCUT2D eigenvalue weighted by molar-refractivity contribution is -0.123. The first-order chi connectivity index (χ1) is 5.61. The summed E-state index contributed by atoms with van der Waals surface area (Å²) in [5, 5.41) is 16.6. The maximum Gasteiger partial charge on any atom is 0.253 e. The van der Waals surface area contributed by atoms with Crippen LogP contribution in [0.3, 0.4) is 0 Å². The van der Waals surface area contributed by atoms with Gasteiger partial charge in [0.2, 0.25) is 0 Å². The third-order valence-corrected chi connectivity index (χ3v) is 0.992. The molecule has 12 heavy (non-hydrogen) atoms. The van der Waals surface area contributed by atoms with Crippen molar-refractivity contribution in [3.63, 3.8) is 0 Å². The molecule has 0 spiro atoms. The van der Waals surface area contributed by atoms with E-state index in [1.54, 1.807) is 6.92 Å². The van der Waals surface area contributed by atoms with Crippen molar-refractivity contribution in [2.75, 3.05) is 0 Å². The molecule has 0 fully saturated rings. The van der Waals surface area contributed by atoms with Crippen LogP contribution in [0.15, 0.2) is 11.6 Å². The first-order valence-corrected chi connectivity index (χ1v) is 2.93. The van der Waals surface area contributed by atoms with Gasteiger partial charge in [-0.3, -0.25) is 14.9 Å². The molecule has 5 heteroatoms. The number of carbonyl (C=O) groups excluding carboxylic acids is 2. The van der Waals surface area contributed by atoms with Gasteiger partial charge in [-0.15, -0.1) is 0 Å². The fourth-order valence-electron chi connectivity index (χ4n) is 0.509. The van der Waals surface area contributed by atoms with Gasteiger partial charge in [-0.1, -0.05) is 0 Å². The van der Waals surface area contributed by atoms with Gasteiger partial charge in [-0.2, -0.15) is 10.5 Å². The Balaban J connectivity index is 0.000000261. The van der Waals surface area contributed by atoms with E-state index in [-0.39, 0.29) is 11.8 Å². The third kappa shape index (κ3) is 3.14. The lowest BCUT2D eigenvalue weighted by Crippen LogP contribution is -2.21. The van der Waals surface area contributed by atoms with Gasteiger partial charge in [0.25, 0.3) is 11.8 Å². The van der Waals surface area contributed by atoms with Gasteiger partial charge in [-0.25, -0.2) is 0 Å². The molecule has 1 aliphatic rings. The maximum absolute atomic E-state index is 10.4. The Bertz CT molecular complexity index is 305. The first kappa shape index (κ1) is 9.86. The van der Waals surface area contributed by atoms with Gasteiger partial charge < -0.3 is 0 Å². The minimum atomic E-state index is -0.312. The van der Waals surface area contributed by atoms with Crippen molar-refractivity contribution in [1.29, 1.82) is 10.5 Å². The zero-order valence-corrected chi connectivity index (χ0v) is 6.29. The fraction of sp³-hybridized carbons (Fsp3) is 0.143. The average Bonchev–Trinajstić information content (AvgIpc) is 2.30. The highest BCUT2D eigenvalue weighted by Gasteiger charge is 2.15. The lowest BCUT2D eigenvalue weighted by atomic mass is 10.3. The van der Waals surface area contributed by atoms with Gasteiger partial charge in [0.1, 0.15) is 0 Å². The second-order valence-corrected chi connectivity index (χ2v) is 1.87. The number of hydrogen-bond donors (Lipinski definition) is 1. The zero-order chi connectivity index (χ0) is 9.56. The molecule has 0 aliphatic carbocycles. The quantitative estimate of drug-likeness (QED) is 0.492. The first-order valence-electron chi connectivity index (χ1n) is 2.93. The second-order valence-electron chi connectivity index (χ2n) is 1.87. The summed E-state index contributed by atoms with van der Waals surface area (Å²) in [6.07, 6.45) is 1.28. The van der Waals surface area contributed by atoms with Crippen molar-refractivity contribution in [2.24, 2.45) is 0 Å². The average molecular weight is 163 g/mol. The number of nitrogens with one attached hydrogen (secondary N) is 1. The van der Waals surface area contributed by atoms with E-state index in [0.717, 1.165) is 0 Å². The molecule has 0 aromatic rings. The molecule has 0 radical (unpaired) electrons. The van der Waals surface area contributed by atoms with Crippen LogP contribution in [0.5, 0.6) is 0 Å². The molecular formula is C7H5N3O2. The SMILES string of the molecule is CC1=CC(=O)NC1=O.N#CC#N. The topological polar surface area (TPSA) is 93.8 Å². The third-order valence-electron chi connectivity index (χ3n) is 0.992. The Hall–Kier alpha value is -2.14. The minimum absolute atomic E-state index is 0.282. The summed E-state index contributed by atoms with van der Waals surface area (Å²) in [5.41, 5.74) is 0.481. The van der Waals surface area contributed by atoms with Gasteiger partial charge in [-0.05, 0) is 6.92 Å². The van der Waals surface area contributed by atoms with Crippen LogP contribution >= 0.6 is 0 Å². The summed E-state index contributed by atoms with van der Waals surface area (Å²) in [6, 6.07) is 2.47. The molecule has 1 rings (SSSR count). The Kier molecular flexibility index (Phi) is 3.81. The van der Waals surface area contributed by atoms with Crippen LogP contribution in [0.25, 0.3) is 0 Å². The van der Waals surface area contributed by atoms with Gasteiger partial charge in [0, 0.05) is 11.6 Å². The number of amides is 2.